The average molecular weight is 212 g/mol. The Balaban J connectivity index is 2.39. The monoisotopic (exact) mass is 212 g/mol. The molecule has 1 aliphatic heterocycles. The lowest BCUT2D eigenvalue weighted by atomic mass is 9.93. The van der Waals surface area contributed by atoms with E-state index in [-0.39, 0.29) is 17.4 Å². The van der Waals surface area contributed by atoms with Crippen LogP contribution >= 0.6 is 0 Å². The van der Waals surface area contributed by atoms with Gasteiger partial charge in [0, 0.05) is 11.5 Å². The molecule has 1 rings (SSSR count). The zero-order valence-electron chi connectivity index (χ0n) is 10.2. The fourth-order valence-corrected chi connectivity index (χ4v) is 2.21. The largest absolute Gasteiger partial charge is 0.351 e. The summed E-state index contributed by atoms with van der Waals surface area (Å²) in [6.07, 6.45) is 4.12. The zero-order valence-corrected chi connectivity index (χ0v) is 10.2. The molecule has 1 heterocycles. The highest BCUT2D eigenvalue weighted by Gasteiger charge is 2.26. The van der Waals surface area contributed by atoms with Crippen molar-refractivity contribution in [2.24, 2.45) is 5.92 Å². The molecule has 0 radical (unpaired) electrons. The second-order valence-electron chi connectivity index (χ2n) is 5.15. The van der Waals surface area contributed by atoms with E-state index < -0.39 is 0 Å². The van der Waals surface area contributed by atoms with Crippen molar-refractivity contribution in [1.82, 2.24) is 10.6 Å². The Kier molecular flexibility index (Phi) is 4.58. The average Bonchev–Trinajstić information content (AvgIpc) is 2.18. The van der Waals surface area contributed by atoms with E-state index in [1.165, 1.54) is 0 Å². The molecule has 1 fully saturated rings. The Morgan fingerprint density at radius 1 is 1.40 bits per heavy atom. The molecule has 0 bridgehead atoms. The summed E-state index contributed by atoms with van der Waals surface area (Å²) in [5.74, 6) is 0.470. The van der Waals surface area contributed by atoms with Crippen LogP contribution in [0.15, 0.2) is 0 Å². The first-order valence-corrected chi connectivity index (χ1v) is 6.08. The highest BCUT2D eigenvalue weighted by molar-refractivity contribution is 5.79. The van der Waals surface area contributed by atoms with E-state index in [0.717, 1.165) is 38.8 Å². The summed E-state index contributed by atoms with van der Waals surface area (Å²) in [5, 5.41) is 6.44. The highest BCUT2D eigenvalue weighted by atomic mass is 16.2. The number of piperidine rings is 1. The molecule has 0 spiro atoms. The molecule has 1 amide bonds. The topological polar surface area (TPSA) is 41.1 Å². The maximum atomic E-state index is 11.9. The van der Waals surface area contributed by atoms with Crippen molar-refractivity contribution in [1.29, 1.82) is 0 Å². The maximum Gasteiger partial charge on any atom is 0.223 e. The normalized spacial score (nSPS) is 18.9. The van der Waals surface area contributed by atoms with Crippen LogP contribution < -0.4 is 10.6 Å². The van der Waals surface area contributed by atoms with Crippen molar-refractivity contribution in [2.45, 2.75) is 52.0 Å². The van der Waals surface area contributed by atoms with Crippen molar-refractivity contribution >= 4 is 5.91 Å². The van der Waals surface area contributed by atoms with Gasteiger partial charge in [0.1, 0.15) is 0 Å². The lowest BCUT2D eigenvalue weighted by molar-refractivity contribution is -0.127. The summed E-state index contributed by atoms with van der Waals surface area (Å²) in [5.41, 5.74) is -0.0449. The van der Waals surface area contributed by atoms with Gasteiger partial charge < -0.3 is 10.6 Å². The van der Waals surface area contributed by atoms with Crippen LogP contribution in [-0.2, 0) is 4.79 Å². The molecule has 0 aromatic heterocycles. The third-order valence-electron chi connectivity index (χ3n) is 3.05. The molecule has 0 aromatic rings. The van der Waals surface area contributed by atoms with Crippen molar-refractivity contribution in [3.63, 3.8) is 0 Å². The molecule has 88 valence electrons. The van der Waals surface area contributed by atoms with Gasteiger partial charge in [-0.15, -0.1) is 0 Å². The van der Waals surface area contributed by atoms with E-state index in [1.54, 1.807) is 0 Å². The number of amides is 1. The summed E-state index contributed by atoms with van der Waals surface area (Å²) in [7, 11) is 0. The molecule has 15 heavy (non-hydrogen) atoms. The standard InChI is InChI=1S/C12H24N2O/c1-4-7-12(2,3)14-11(15)10-5-8-13-9-6-10/h10,13H,4-9H2,1-3H3,(H,14,15). The molecule has 0 unspecified atom stereocenters. The Bertz CT molecular complexity index is 208. The Morgan fingerprint density at radius 2 is 2.00 bits per heavy atom. The number of rotatable bonds is 4. The van der Waals surface area contributed by atoms with Crippen molar-refractivity contribution in [2.75, 3.05) is 13.1 Å². The Morgan fingerprint density at radius 3 is 2.53 bits per heavy atom. The van der Waals surface area contributed by atoms with Gasteiger partial charge in [-0.25, -0.2) is 0 Å². The molecule has 0 atom stereocenters. The number of carbonyl (C=O) groups excluding carboxylic acids is 1. The molecular weight excluding hydrogens is 188 g/mol. The SMILES string of the molecule is CCCC(C)(C)NC(=O)C1CCNCC1. The van der Waals surface area contributed by atoms with Gasteiger partial charge in [0.15, 0.2) is 0 Å². The van der Waals surface area contributed by atoms with Crippen LogP contribution in [0.5, 0.6) is 0 Å². The van der Waals surface area contributed by atoms with Crippen LogP contribution in [0.1, 0.15) is 46.5 Å². The van der Waals surface area contributed by atoms with Crippen molar-refractivity contribution < 1.29 is 4.79 Å². The third-order valence-corrected chi connectivity index (χ3v) is 3.05. The minimum Gasteiger partial charge on any atom is -0.351 e. The predicted molar refractivity (Wildman–Crippen MR) is 62.7 cm³/mol. The first-order chi connectivity index (χ1) is 7.05. The molecule has 0 aromatic carbocycles. The van der Waals surface area contributed by atoms with Crippen LogP contribution in [0.25, 0.3) is 0 Å². The molecule has 1 saturated heterocycles. The zero-order chi connectivity index (χ0) is 11.3. The Labute approximate surface area is 93.0 Å². The Hall–Kier alpha value is -0.570. The van der Waals surface area contributed by atoms with Crippen LogP contribution in [0.3, 0.4) is 0 Å². The van der Waals surface area contributed by atoms with E-state index in [0.29, 0.717) is 0 Å². The van der Waals surface area contributed by atoms with E-state index in [2.05, 4.69) is 31.4 Å². The minimum absolute atomic E-state index is 0.0449. The number of nitrogens with one attached hydrogen (secondary N) is 2. The first kappa shape index (κ1) is 12.5. The van der Waals surface area contributed by atoms with Crippen LogP contribution in [0.2, 0.25) is 0 Å². The van der Waals surface area contributed by atoms with E-state index >= 15 is 0 Å². The van der Waals surface area contributed by atoms with Crippen LogP contribution in [-0.4, -0.2) is 24.5 Å². The summed E-state index contributed by atoms with van der Waals surface area (Å²) in [6.45, 7) is 8.32. The summed E-state index contributed by atoms with van der Waals surface area (Å²) < 4.78 is 0. The van der Waals surface area contributed by atoms with E-state index in [1.807, 2.05) is 0 Å². The predicted octanol–water partition coefficient (Wildman–Crippen LogP) is 1.68. The van der Waals surface area contributed by atoms with Gasteiger partial charge in [-0.2, -0.15) is 0 Å². The molecule has 2 N–H and O–H groups in total. The quantitative estimate of drug-likeness (QED) is 0.744. The van der Waals surface area contributed by atoms with Crippen molar-refractivity contribution in [3.8, 4) is 0 Å². The smallest absolute Gasteiger partial charge is 0.223 e. The lowest BCUT2D eigenvalue weighted by Gasteiger charge is -2.30. The fraction of sp³-hybridized carbons (Fsp3) is 0.917. The maximum absolute atomic E-state index is 11.9. The fourth-order valence-electron chi connectivity index (χ4n) is 2.21. The molecule has 0 aliphatic carbocycles. The van der Waals surface area contributed by atoms with Gasteiger partial charge in [-0.1, -0.05) is 13.3 Å². The van der Waals surface area contributed by atoms with Gasteiger partial charge in [-0.3, -0.25) is 4.79 Å². The molecule has 1 aliphatic rings. The molecule has 3 heteroatoms. The minimum atomic E-state index is -0.0449. The molecule has 0 saturated carbocycles. The van der Waals surface area contributed by atoms with Gasteiger partial charge in [0.2, 0.25) is 5.91 Å². The summed E-state index contributed by atoms with van der Waals surface area (Å²) in [4.78, 5) is 11.9. The van der Waals surface area contributed by atoms with Gasteiger partial charge in [-0.05, 0) is 46.2 Å². The molecular formula is C12H24N2O. The first-order valence-electron chi connectivity index (χ1n) is 6.08. The summed E-state index contributed by atoms with van der Waals surface area (Å²) >= 11 is 0. The second-order valence-corrected chi connectivity index (χ2v) is 5.15. The third kappa shape index (κ3) is 4.20. The number of hydrogen-bond acceptors (Lipinski definition) is 2. The second kappa shape index (κ2) is 5.50. The lowest BCUT2D eigenvalue weighted by Crippen LogP contribution is -2.47. The van der Waals surface area contributed by atoms with Crippen LogP contribution in [0.4, 0.5) is 0 Å². The van der Waals surface area contributed by atoms with Crippen LogP contribution in [0, 0.1) is 5.92 Å². The van der Waals surface area contributed by atoms with Crippen molar-refractivity contribution in [3.05, 3.63) is 0 Å². The van der Waals surface area contributed by atoms with E-state index in [9.17, 15) is 4.79 Å². The van der Waals surface area contributed by atoms with Gasteiger partial charge in [0.05, 0.1) is 0 Å². The van der Waals surface area contributed by atoms with E-state index in [4.69, 9.17) is 0 Å². The number of hydrogen-bond donors (Lipinski definition) is 2. The van der Waals surface area contributed by atoms with Gasteiger partial charge in [0.25, 0.3) is 0 Å². The summed E-state index contributed by atoms with van der Waals surface area (Å²) in [6, 6.07) is 0. The highest BCUT2D eigenvalue weighted by Crippen LogP contribution is 2.16. The van der Waals surface area contributed by atoms with Gasteiger partial charge >= 0.3 is 0 Å². The molecule has 3 nitrogen and oxygen atoms in total. The number of carbonyl (C=O) groups is 1.